The molecule has 120 valence electrons. The summed E-state index contributed by atoms with van der Waals surface area (Å²) in [5.41, 5.74) is 0. The lowest BCUT2D eigenvalue weighted by molar-refractivity contribution is 0.208. The largest absolute Gasteiger partial charge is 0.360 e. The summed E-state index contributed by atoms with van der Waals surface area (Å²) in [7, 11) is 0. The van der Waals surface area contributed by atoms with E-state index in [4.69, 9.17) is 5.26 Å². The van der Waals surface area contributed by atoms with Gasteiger partial charge < -0.3 is 9.80 Å². The molecule has 1 aliphatic rings. The molecule has 2 aromatic heterocycles. The molecule has 0 aliphatic carbocycles. The number of hydrogen-bond acceptors (Lipinski definition) is 5. The van der Waals surface area contributed by atoms with Crippen molar-refractivity contribution in [1.82, 2.24) is 14.7 Å². The molecule has 0 saturated carbocycles. The second-order valence-electron chi connectivity index (χ2n) is 5.23. The molecular weight excluding hydrogens is 312 g/mol. The number of urea groups is 1. The van der Waals surface area contributed by atoms with Gasteiger partial charge in [-0.1, -0.05) is 0 Å². The standard InChI is InChI=1S/C15H18N6OS/c16-5-2-6-21-7-4-13(18-21)17-15(22)20-10-8-19(9-11-20)14-3-1-12-23-14/h1,3-4,7,12H,2,6,8-11H2,(H,17,18,22). The predicted octanol–water partition coefficient (Wildman–Crippen LogP) is 2.21. The lowest BCUT2D eigenvalue weighted by Crippen LogP contribution is -2.50. The first kappa shape index (κ1) is 15.4. The molecule has 0 spiro atoms. The predicted molar refractivity (Wildman–Crippen MR) is 89.6 cm³/mol. The molecule has 1 fully saturated rings. The van der Waals surface area contributed by atoms with Gasteiger partial charge in [0.25, 0.3) is 0 Å². The van der Waals surface area contributed by atoms with Crippen molar-refractivity contribution in [3.05, 3.63) is 29.8 Å². The summed E-state index contributed by atoms with van der Waals surface area (Å²) >= 11 is 1.72. The number of nitrogens with one attached hydrogen (secondary N) is 1. The molecule has 0 radical (unpaired) electrons. The minimum absolute atomic E-state index is 0.124. The van der Waals surface area contributed by atoms with Crippen molar-refractivity contribution in [1.29, 1.82) is 5.26 Å². The van der Waals surface area contributed by atoms with Crippen LogP contribution in [0.3, 0.4) is 0 Å². The highest BCUT2D eigenvalue weighted by Crippen LogP contribution is 2.22. The summed E-state index contributed by atoms with van der Waals surface area (Å²) in [4.78, 5) is 16.4. The highest BCUT2D eigenvalue weighted by molar-refractivity contribution is 7.14. The van der Waals surface area contributed by atoms with Crippen molar-refractivity contribution in [3.8, 4) is 6.07 Å². The number of anilines is 2. The Balaban J connectivity index is 1.49. The Morgan fingerprint density at radius 3 is 2.87 bits per heavy atom. The molecule has 3 rings (SSSR count). The molecule has 0 bridgehead atoms. The fourth-order valence-corrected chi connectivity index (χ4v) is 3.27. The number of carbonyl (C=O) groups excluding carboxylic acids is 1. The number of carbonyl (C=O) groups is 1. The Morgan fingerprint density at radius 1 is 1.35 bits per heavy atom. The zero-order chi connectivity index (χ0) is 16.1. The molecule has 8 heteroatoms. The van der Waals surface area contributed by atoms with Crippen LogP contribution >= 0.6 is 11.3 Å². The number of amides is 2. The van der Waals surface area contributed by atoms with Crippen molar-refractivity contribution < 1.29 is 4.79 Å². The van der Waals surface area contributed by atoms with E-state index in [2.05, 4.69) is 32.8 Å². The Labute approximate surface area is 138 Å². The molecule has 1 saturated heterocycles. The van der Waals surface area contributed by atoms with Crippen LogP contribution in [-0.4, -0.2) is 46.9 Å². The Kier molecular flexibility index (Phi) is 4.78. The summed E-state index contributed by atoms with van der Waals surface area (Å²) in [5.74, 6) is 0.522. The monoisotopic (exact) mass is 330 g/mol. The summed E-state index contributed by atoms with van der Waals surface area (Å²) < 4.78 is 1.66. The second-order valence-corrected chi connectivity index (χ2v) is 6.15. The maximum atomic E-state index is 12.3. The van der Waals surface area contributed by atoms with E-state index in [-0.39, 0.29) is 6.03 Å². The molecule has 3 heterocycles. The van der Waals surface area contributed by atoms with Crippen molar-refractivity contribution in [2.45, 2.75) is 13.0 Å². The number of aryl methyl sites for hydroxylation is 1. The van der Waals surface area contributed by atoms with E-state index in [1.165, 1.54) is 5.00 Å². The quantitative estimate of drug-likeness (QED) is 0.932. The van der Waals surface area contributed by atoms with Crippen LogP contribution in [0.2, 0.25) is 0 Å². The first-order chi connectivity index (χ1) is 11.3. The average Bonchev–Trinajstić information content (AvgIpc) is 3.25. The molecule has 1 N–H and O–H groups in total. The van der Waals surface area contributed by atoms with Crippen molar-refractivity contribution in [2.24, 2.45) is 0 Å². The van der Waals surface area contributed by atoms with Crippen LogP contribution in [0.1, 0.15) is 6.42 Å². The van der Waals surface area contributed by atoms with Crippen LogP contribution in [-0.2, 0) is 6.54 Å². The normalized spacial score (nSPS) is 14.6. The SMILES string of the molecule is N#CCCn1ccc(NC(=O)N2CCN(c3cccs3)CC2)n1. The van der Waals surface area contributed by atoms with Crippen LogP contribution in [0, 0.1) is 11.3 Å². The van der Waals surface area contributed by atoms with E-state index in [1.54, 1.807) is 33.2 Å². The van der Waals surface area contributed by atoms with Gasteiger partial charge in [-0.05, 0) is 17.5 Å². The van der Waals surface area contributed by atoms with E-state index in [9.17, 15) is 4.79 Å². The summed E-state index contributed by atoms with van der Waals surface area (Å²) in [6.07, 6.45) is 2.17. The van der Waals surface area contributed by atoms with Gasteiger partial charge in [0.15, 0.2) is 5.82 Å². The van der Waals surface area contributed by atoms with E-state index < -0.39 is 0 Å². The van der Waals surface area contributed by atoms with Crippen LogP contribution < -0.4 is 10.2 Å². The maximum absolute atomic E-state index is 12.3. The van der Waals surface area contributed by atoms with Gasteiger partial charge in [0.1, 0.15) is 0 Å². The lowest BCUT2D eigenvalue weighted by Gasteiger charge is -2.35. The van der Waals surface area contributed by atoms with Gasteiger partial charge in [-0.3, -0.25) is 10.00 Å². The third-order valence-corrected chi connectivity index (χ3v) is 4.64. The van der Waals surface area contributed by atoms with Crippen LogP contribution in [0.5, 0.6) is 0 Å². The minimum Gasteiger partial charge on any atom is -0.360 e. The van der Waals surface area contributed by atoms with E-state index >= 15 is 0 Å². The van der Waals surface area contributed by atoms with Gasteiger partial charge >= 0.3 is 6.03 Å². The Morgan fingerprint density at radius 2 is 2.17 bits per heavy atom. The number of nitrogens with zero attached hydrogens (tertiary/aromatic N) is 5. The van der Waals surface area contributed by atoms with Crippen LogP contribution in [0.4, 0.5) is 15.6 Å². The molecular formula is C15H18N6OS. The van der Waals surface area contributed by atoms with Gasteiger partial charge in [0.05, 0.1) is 24.0 Å². The summed E-state index contributed by atoms with van der Waals surface area (Å²) in [5, 5.41) is 18.9. The molecule has 7 nitrogen and oxygen atoms in total. The number of rotatable bonds is 4. The first-order valence-corrected chi connectivity index (χ1v) is 8.39. The zero-order valence-electron chi connectivity index (χ0n) is 12.7. The zero-order valence-corrected chi connectivity index (χ0v) is 13.5. The van der Waals surface area contributed by atoms with E-state index in [0.29, 0.717) is 31.9 Å². The topological polar surface area (TPSA) is 77.2 Å². The van der Waals surface area contributed by atoms with Crippen molar-refractivity contribution >= 4 is 28.2 Å². The van der Waals surface area contributed by atoms with Gasteiger partial charge in [-0.25, -0.2) is 4.79 Å². The fraction of sp³-hybridized carbons (Fsp3) is 0.400. The summed E-state index contributed by atoms with van der Waals surface area (Å²) in [6.45, 7) is 3.60. The smallest absolute Gasteiger partial charge is 0.323 e. The number of hydrogen-bond donors (Lipinski definition) is 1. The molecule has 2 aromatic rings. The average molecular weight is 330 g/mol. The molecule has 23 heavy (non-hydrogen) atoms. The number of aromatic nitrogens is 2. The van der Waals surface area contributed by atoms with Gasteiger partial charge in [-0.2, -0.15) is 10.4 Å². The first-order valence-electron chi connectivity index (χ1n) is 7.51. The highest BCUT2D eigenvalue weighted by atomic mass is 32.1. The van der Waals surface area contributed by atoms with Crippen molar-refractivity contribution in [2.75, 3.05) is 36.4 Å². The van der Waals surface area contributed by atoms with Crippen molar-refractivity contribution in [3.63, 3.8) is 0 Å². The lowest BCUT2D eigenvalue weighted by atomic mass is 10.3. The van der Waals surface area contributed by atoms with Gasteiger partial charge in [-0.15, -0.1) is 11.3 Å². The van der Waals surface area contributed by atoms with E-state index in [0.717, 1.165) is 13.1 Å². The Hall–Kier alpha value is -2.53. The van der Waals surface area contributed by atoms with Gasteiger partial charge in [0.2, 0.25) is 0 Å². The second kappa shape index (κ2) is 7.15. The molecule has 0 aromatic carbocycles. The third kappa shape index (κ3) is 3.81. The number of nitriles is 1. The molecule has 0 atom stereocenters. The van der Waals surface area contributed by atoms with Crippen LogP contribution in [0.15, 0.2) is 29.8 Å². The highest BCUT2D eigenvalue weighted by Gasteiger charge is 2.22. The molecule has 0 unspecified atom stereocenters. The van der Waals surface area contributed by atoms with Crippen LogP contribution in [0.25, 0.3) is 0 Å². The summed E-state index contributed by atoms with van der Waals surface area (Å²) in [6, 6.07) is 7.85. The fourth-order valence-electron chi connectivity index (χ4n) is 2.49. The minimum atomic E-state index is -0.124. The maximum Gasteiger partial charge on any atom is 0.323 e. The van der Waals surface area contributed by atoms with E-state index in [1.807, 2.05) is 6.07 Å². The molecule has 2 amide bonds. The molecule has 1 aliphatic heterocycles. The third-order valence-electron chi connectivity index (χ3n) is 3.71. The number of thiophene rings is 1. The van der Waals surface area contributed by atoms with Gasteiger partial charge in [0, 0.05) is 38.4 Å². The number of piperazine rings is 1. The Bertz CT molecular complexity index is 681.